The molecule has 16 heavy (non-hydrogen) atoms. The summed E-state index contributed by atoms with van der Waals surface area (Å²) in [6, 6.07) is 0. The summed E-state index contributed by atoms with van der Waals surface area (Å²) >= 11 is 0. The maximum atomic E-state index is 10.3. The molecule has 3 unspecified atom stereocenters. The maximum Gasteiger partial charge on any atom is 0.101 e. The number of ether oxygens (including phenoxy) is 1. The van der Waals surface area contributed by atoms with Crippen LogP contribution in [0.3, 0.4) is 0 Å². The first-order valence-corrected chi connectivity index (χ1v) is 6.80. The summed E-state index contributed by atoms with van der Waals surface area (Å²) in [6.45, 7) is 2.10. The lowest BCUT2D eigenvalue weighted by Crippen LogP contribution is -2.28. The van der Waals surface area contributed by atoms with Crippen molar-refractivity contribution in [1.29, 1.82) is 0 Å². The summed E-state index contributed by atoms with van der Waals surface area (Å²) in [6.07, 6.45) is 11.8. The summed E-state index contributed by atoms with van der Waals surface area (Å²) in [5.41, 5.74) is 1.24. The SMILES string of the molecule is CC1CCC(C(O)C2=CCCCCCC2)O1. The summed E-state index contributed by atoms with van der Waals surface area (Å²) in [4.78, 5) is 0. The minimum absolute atomic E-state index is 0.0562. The number of hydrogen-bond acceptors (Lipinski definition) is 2. The molecule has 0 aromatic rings. The standard InChI is InChI=1S/C14H24O2/c1-11-9-10-13(16-11)14(15)12-7-5-3-2-4-6-8-12/h7,11,13-15H,2-6,8-10H2,1H3. The molecule has 0 aromatic carbocycles. The maximum absolute atomic E-state index is 10.3. The fourth-order valence-corrected chi connectivity index (χ4v) is 2.79. The molecule has 2 rings (SSSR count). The molecular weight excluding hydrogens is 200 g/mol. The minimum Gasteiger partial charge on any atom is -0.386 e. The van der Waals surface area contributed by atoms with Gasteiger partial charge in [-0.05, 0) is 51.0 Å². The van der Waals surface area contributed by atoms with E-state index >= 15 is 0 Å². The molecule has 2 aliphatic rings. The van der Waals surface area contributed by atoms with E-state index in [4.69, 9.17) is 4.74 Å². The molecule has 1 saturated heterocycles. The zero-order valence-electron chi connectivity index (χ0n) is 10.3. The number of aliphatic hydroxyl groups is 1. The predicted molar refractivity (Wildman–Crippen MR) is 65.4 cm³/mol. The van der Waals surface area contributed by atoms with E-state index < -0.39 is 0 Å². The van der Waals surface area contributed by atoms with Gasteiger partial charge in [-0.1, -0.05) is 18.9 Å². The molecule has 0 saturated carbocycles. The quantitative estimate of drug-likeness (QED) is 0.730. The van der Waals surface area contributed by atoms with Gasteiger partial charge in [0.1, 0.15) is 6.10 Å². The van der Waals surface area contributed by atoms with Crippen LogP contribution < -0.4 is 0 Å². The van der Waals surface area contributed by atoms with Crippen molar-refractivity contribution in [3.05, 3.63) is 11.6 Å². The minimum atomic E-state index is -0.344. The van der Waals surface area contributed by atoms with E-state index in [-0.39, 0.29) is 12.2 Å². The van der Waals surface area contributed by atoms with Crippen molar-refractivity contribution < 1.29 is 9.84 Å². The molecule has 1 aliphatic carbocycles. The van der Waals surface area contributed by atoms with Crippen molar-refractivity contribution in [2.24, 2.45) is 0 Å². The molecule has 2 heteroatoms. The fraction of sp³-hybridized carbons (Fsp3) is 0.857. The first-order valence-electron chi connectivity index (χ1n) is 6.80. The van der Waals surface area contributed by atoms with E-state index in [1.165, 1.54) is 31.3 Å². The first-order chi connectivity index (χ1) is 7.77. The van der Waals surface area contributed by atoms with Gasteiger partial charge in [0.15, 0.2) is 0 Å². The average Bonchev–Trinajstić information content (AvgIpc) is 2.63. The molecule has 1 heterocycles. The molecule has 92 valence electrons. The normalized spacial score (nSPS) is 34.0. The van der Waals surface area contributed by atoms with Crippen LogP contribution in [-0.4, -0.2) is 23.4 Å². The van der Waals surface area contributed by atoms with E-state index in [1.54, 1.807) is 0 Å². The topological polar surface area (TPSA) is 29.5 Å². The van der Waals surface area contributed by atoms with Gasteiger partial charge in [-0.3, -0.25) is 0 Å². The number of rotatable bonds is 2. The highest BCUT2D eigenvalue weighted by atomic mass is 16.5. The van der Waals surface area contributed by atoms with Crippen molar-refractivity contribution in [2.45, 2.75) is 76.6 Å². The summed E-state index contributed by atoms with van der Waals surface area (Å²) in [7, 11) is 0. The van der Waals surface area contributed by atoms with Gasteiger partial charge in [0.05, 0.1) is 12.2 Å². The average molecular weight is 224 g/mol. The van der Waals surface area contributed by atoms with E-state index in [1.807, 2.05) is 0 Å². The van der Waals surface area contributed by atoms with E-state index in [9.17, 15) is 5.11 Å². The highest BCUT2D eigenvalue weighted by Crippen LogP contribution is 2.28. The molecule has 3 atom stereocenters. The molecule has 0 amide bonds. The van der Waals surface area contributed by atoms with Crippen LogP contribution in [0.25, 0.3) is 0 Å². The van der Waals surface area contributed by atoms with Crippen LogP contribution in [0.15, 0.2) is 11.6 Å². The Labute approximate surface area is 98.7 Å². The van der Waals surface area contributed by atoms with Crippen molar-refractivity contribution in [3.8, 4) is 0 Å². The highest BCUT2D eigenvalue weighted by Gasteiger charge is 2.30. The summed E-state index contributed by atoms with van der Waals surface area (Å²) < 4.78 is 5.76. The Balaban J connectivity index is 1.93. The third-order valence-corrected chi connectivity index (χ3v) is 3.82. The lowest BCUT2D eigenvalue weighted by Gasteiger charge is -2.22. The van der Waals surface area contributed by atoms with Gasteiger partial charge in [0.25, 0.3) is 0 Å². The van der Waals surface area contributed by atoms with E-state index in [2.05, 4.69) is 13.0 Å². The van der Waals surface area contributed by atoms with Gasteiger partial charge in [0.2, 0.25) is 0 Å². The van der Waals surface area contributed by atoms with Crippen molar-refractivity contribution >= 4 is 0 Å². The lowest BCUT2D eigenvalue weighted by molar-refractivity contribution is -0.0147. The lowest BCUT2D eigenvalue weighted by atomic mass is 9.93. The van der Waals surface area contributed by atoms with Crippen LogP contribution in [0.5, 0.6) is 0 Å². The van der Waals surface area contributed by atoms with Gasteiger partial charge < -0.3 is 9.84 Å². The van der Waals surface area contributed by atoms with Crippen LogP contribution in [0.1, 0.15) is 58.3 Å². The third kappa shape index (κ3) is 3.08. The van der Waals surface area contributed by atoms with Gasteiger partial charge in [0, 0.05) is 0 Å². The van der Waals surface area contributed by atoms with Crippen molar-refractivity contribution in [3.63, 3.8) is 0 Å². The van der Waals surface area contributed by atoms with Crippen LogP contribution in [0.4, 0.5) is 0 Å². The number of allylic oxidation sites excluding steroid dienone is 1. The van der Waals surface area contributed by atoms with Crippen LogP contribution in [-0.2, 0) is 4.74 Å². The molecule has 1 fully saturated rings. The second-order valence-corrected chi connectivity index (χ2v) is 5.24. The van der Waals surface area contributed by atoms with Gasteiger partial charge in [-0.15, -0.1) is 0 Å². The largest absolute Gasteiger partial charge is 0.386 e. The van der Waals surface area contributed by atoms with Crippen molar-refractivity contribution in [1.82, 2.24) is 0 Å². The van der Waals surface area contributed by atoms with Gasteiger partial charge >= 0.3 is 0 Å². The highest BCUT2D eigenvalue weighted by molar-refractivity contribution is 5.11. The summed E-state index contributed by atoms with van der Waals surface area (Å²) in [5, 5.41) is 10.3. The second kappa shape index (κ2) is 5.83. The molecule has 0 radical (unpaired) electrons. The Kier molecular flexibility index (Phi) is 4.42. The van der Waals surface area contributed by atoms with Crippen molar-refractivity contribution in [2.75, 3.05) is 0 Å². The van der Waals surface area contributed by atoms with E-state index in [0.717, 1.165) is 25.7 Å². The second-order valence-electron chi connectivity index (χ2n) is 5.24. The van der Waals surface area contributed by atoms with Crippen LogP contribution in [0.2, 0.25) is 0 Å². The molecule has 1 N–H and O–H groups in total. The molecule has 0 aromatic heterocycles. The summed E-state index contributed by atoms with van der Waals surface area (Å²) in [5.74, 6) is 0. The molecular formula is C14H24O2. The van der Waals surface area contributed by atoms with Gasteiger partial charge in [-0.25, -0.2) is 0 Å². The molecule has 0 bridgehead atoms. The predicted octanol–water partition coefficient (Wildman–Crippen LogP) is 3.20. The van der Waals surface area contributed by atoms with Crippen LogP contribution >= 0.6 is 0 Å². The molecule has 2 nitrogen and oxygen atoms in total. The zero-order chi connectivity index (χ0) is 11.4. The fourth-order valence-electron chi connectivity index (χ4n) is 2.79. The van der Waals surface area contributed by atoms with Gasteiger partial charge in [-0.2, -0.15) is 0 Å². The first kappa shape index (κ1) is 12.1. The Morgan fingerprint density at radius 3 is 2.81 bits per heavy atom. The molecule has 1 aliphatic heterocycles. The van der Waals surface area contributed by atoms with Crippen LogP contribution in [0, 0.1) is 0 Å². The number of aliphatic hydroxyl groups excluding tert-OH is 1. The Bertz CT molecular complexity index is 247. The Hall–Kier alpha value is -0.340. The monoisotopic (exact) mass is 224 g/mol. The van der Waals surface area contributed by atoms with E-state index in [0.29, 0.717) is 6.10 Å². The zero-order valence-corrected chi connectivity index (χ0v) is 10.3. The third-order valence-electron chi connectivity index (χ3n) is 3.82. The Morgan fingerprint density at radius 2 is 2.06 bits per heavy atom. The number of hydrogen-bond donors (Lipinski definition) is 1. The molecule has 0 spiro atoms. The smallest absolute Gasteiger partial charge is 0.101 e. The Morgan fingerprint density at radius 1 is 1.25 bits per heavy atom.